The van der Waals surface area contributed by atoms with Gasteiger partial charge in [0.15, 0.2) is 0 Å². The number of hydrogen-bond acceptors (Lipinski definition) is 3. The minimum atomic E-state index is -0.118. The summed E-state index contributed by atoms with van der Waals surface area (Å²) in [6, 6.07) is 13.5. The Bertz CT molecular complexity index is 551. The highest BCUT2D eigenvalue weighted by atomic mass is 79.9. The minimum absolute atomic E-state index is 0.118. The lowest BCUT2D eigenvalue weighted by Crippen LogP contribution is -2.19. The minimum Gasteiger partial charge on any atom is -0.273 e. The molecule has 0 saturated carbocycles. The van der Waals surface area contributed by atoms with Crippen LogP contribution in [0.4, 0.5) is 0 Å². The first kappa shape index (κ1) is 13.0. The van der Waals surface area contributed by atoms with Crippen LogP contribution in [0.1, 0.15) is 10.4 Å². The van der Waals surface area contributed by atoms with Crippen LogP contribution in [-0.2, 0) is 11.2 Å². The van der Waals surface area contributed by atoms with Gasteiger partial charge in [0.25, 0.3) is 0 Å². The van der Waals surface area contributed by atoms with Crippen molar-refractivity contribution in [2.24, 2.45) is 5.10 Å². The number of amides is 1. The molecule has 0 bridgehead atoms. The van der Waals surface area contributed by atoms with Crippen LogP contribution in [-0.4, -0.2) is 12.1 Å². The summed E-state index contributed by atoms with van der Waals surface area (Å²) in [6.45, 7) is 0. The van der Waals surface area contributed by atoms with Gasteiger partial charge in [0, 0.05) is 4.88 Å². The molecule has 0 fully saturated rings. The second-order valence-corrected chi connectivity index (χ2v) is 6.09. The van der Waals surface area contributed by atoms with Crippen molar-refractivity contribution in [1.29, 1.82) is 0 Å². The molecule has 0 aliphatic heterocycles. The summed E-state index contributed by atoms with van der Waals surface area (Å²) in [7, 11) is 0. The average molecular weight is 323 g/mol. The van der Waals surface area contributed by atoms with Crippen molar-refractivity contribution in [2.75, 3.05) is 0 Å². The van der Waals surface area contributed by atoms with Gasteiger partial charge < -0.3 is 0 Å². The monoisotopic (exact) mass is 322 g/mol. The Kier molecular flexibility index (Phi) is 4.66. The van der Waals surface area contributed by atoms with Gasteiger partial charge in [-0.1, -0.05) is 30.3 Å². The number of nitrogens with zero attached hydrogens (tertiary/aromatic N) is 1. The fourth-order valence-electron chi connectivity index (χ4n) is 1.39. The molecule has 1 aromatic carbocycles. The Morgan fingerprint density at radius 2 is 2.06 bits per heavy atom. The lowest BCUT2D eigenvalue weighted by atomic mass is 10.1. The number of rotatable bonds is 4. The quantitative estimate of drug-likeness (QED) is 0.681. The van der Waals surface area contributed by atoms with E-state index in [1.165, 1.54) is 0 Å². The van der Waals surface area contributed by atoms with Crippen LogP contribution in [0.2, 0.25) is 0 Å². The van der Waals surface area contributed by atoms with Gasteiger partial charge in [-0.25, -0.2) is 5.43 Å². The number of hydrazone groups is 1. The zero-order valence-corrected chi connectivity index (χ0v) is 11.9. The molecule has 1 heterocycles. The molecule has 18 heavy (non-hydrogen) atoms. The van der Waals surface area contributed by atoms with Crippen LogP contribution < -0.4 is 5.43 Å². The highest BCUT2D eigenvalue weighted by molar-refractivity contribution is 9.11. The lowest BCUT2D eigenvalue weighted by Gasteiger charge is -1.99. The Labute approximate surface area is 118 Å². The van der Waals surface area contributed by atoms with E-state index in [4.69, 9.17) is 0 Å². The van der Waals surface area contributed by atoms with Crippen LogP contribution >= 0.6 is 27.3 Å². The molecule has 1 amide bonds. The topological polar surface area (TPSA) is 41.5 Å². The summed E-state index contributed by atoms with van der Waals surface area (Å²) in [5, 5.41) is 3.92. The molecular weight excluding hydrogens is 312 g/mol. The zero-order chi connectivity index (χ0) is 12.8. The number of benzene rings is 1. The molecule has 0 atom stereocenters. The van der Waals surface area contributed by atoms with Gasteiger partial charge in [0.1, 0.15) is 0 Å². The highest BCUT2D eigenvalue weighted by Crippen LogP contribution is 2.20. The van der Waals surface area contributed by atoms with E-state index in [2.05, 4.69) is 26.5 Å². The van der Waals surface area contributed by atoms with Crippen molar-refractivity contribution < 1.29 is 4.79 Å². The van der Waals surface area contributed by atoms with Crippen molar-refractivity contribution in [1.82, 2.24) is 5.43 Å². The maximum atomic E-state index is 11.6. The maximum absolute atomic E-state index is 11.6. The fraction of sp³-hybridized carbons (Fsp3) is 0.0769. The Morgan fingerprint density at radius 3 is 2.72 bits per heavy atom. The molecule has 0 spiro atoms. The SMILES string of the molecule is O=C(Cc1ccccc1)N/N=C/c1ccc(Br)s1. The third-order valence-corrected chi connectivity index (χ3v) is 3.74. The number of carbonyl (C=O) groups is 1. The Hall–Kier alpha value is -1.46. The van der Waals surface area contributed by atoms with Crippen molar-refractivity contribution in [3.05, 3.63) is 56.7 Å². The molecule has 2 aromatic rings. The summed E-state index contributed by atoms with van der Waals surface area (Å²) in [6.07, 6.45) is 1.98. The molecule has 5 heteroatoms. The van der Waals surface area contributed by atoms with E-state index >= 15 is 0 Å². The second-order valence-electron chi connectivity index (χ2n) is 3.60. The van der Waals surface area contributed by atoms with Crippen LogP contribution in [0.3, 0.4) is 0 Å². The van der Waals surface area contributed by atoms with Gasteiger partial charge in [0.2, 0.25) is 5.91 Å². The van der Waals surface area contributed by atoms with Crippen LogP contribution in [0.5, 0.6) is 0 Å². The molecule has 2 rings (SSSR count). The number of hydrogen-bond donors (Lipinski definition) is 1. The molecule has 1 N–H and O–H groups in total. The largest absolute Gasteiger partial charge is 0.273 e. The third-order valence-electron chi connectivity index (χ3n) is 2.18. The predicted octanol–water partition coefficient (Wildman–Crippen LogP) is 3.20. The van der Waals surface area contributed by atoms with E-state index < -0.39 is 0 Å². The van der Waals surface area contributed by atoms with E-state index in [9.17, 15) is 4.79 Å². The molecule has 0 aliphatic carbocycles. The van der Waals surface area contributed by atoms with Crippen molar-refractivity contribution in [3.63, 3.8) is 0 Å². The van der Waals surface area contributed by atoms with Crippen LogP contribution in [0, 0.1) is 0 Å². The van der Waals surface area contributed by atoms with Crippen LogP contribution in [0.25, 0.3) is 0 Å². The van der Waals surface area contributed by atoms with E-state index in [-0.39, 0.29) is 5.91 Å². The first-order valence-corrected chi connectivity index (χ1v) is 6.96. The summed E-state index contributed by atoms with van der Waals surface area (Å²) < 4.78 is 1.04. The predicted molar refractivity (Wildman–Crippen MR) is 77.9 cm³/mol. The van der Waals surface area contributed by atoms with E-state index in [0.29, 0.717) is 6.42 Å². The molecule has 0 radical (unpaired) electrons. The normalized spacial score (nSPS) is 10.7. The van der Waals surface area contributed by atoms with Gasteiger partial charge >= 0.3 is 0 Å². The van der Waals surface area contributed by atoms with Crippen LogP contribution in [0.15, 0.2) is 51.4 Å². The average Bonchev–Trinajstić information content (AvgIpc) is 2.76. The Morgan fingerprint density at radius 1 is 1.28 bits per heavy atom. The van der Waals surface area contributed by atoms with E-state index in [1.807, 2.05) is 42.5 Å². The smallest absolute Gasteiger partial charge is 0.244 e. The highest BCUT2D eigenvalue weighted by Gasteiger charge is 2.00. The molecule has 3 nitrogen and oxygen atoms in total. The molecule has 0 saturated heterocycles. The number of halogens is 1. The van der Waals surface area contributed by atoms with Gasteiger partial charge in [-0.15, -0.1) is 11.3 Å². The first-order chi connectivity index (χ1) is 8.74. The van der Waals surface area contributed by atoms with Gasteiger partial charge in [-0.05, 0) is 33.6 Å². The van der Waals surface area contributed by atoms with Crippen molar-refractivity contribution >= 4 is 39.4 Å². The Balaban J connectivity index is 1.83. The second kappa shape index (κ2) is 6.47. The van der Waals surface area contributed by atoms with Gasteiger partial charge in [-0.2, -0.15) is 5.10 Å². The van der Waals surface area contributed by atoms with Crippen molar-refractivity contribution in [2.45, 2.75) is 6.42 Å². The number of thiophene rings is 1. The number of nitrogens with one attached hydrogen (secondary N) is 1. The molecule has 92 valence electrons. The summed E-state index contributed by atoms with van der Waals surface area (Å²) >= 11 is 4.93. The number of carbonyl (C=O) groups excluding carboxylic acids is 1. The maximum Gasteiger partial charge on any atom is 0.244 e. The van der Waals surface area contributed by atoms with Gasteiger partial charge in [-0.3, -0.25) is 4.79 Å². The van der Waals surface area contributed by atoms with E-state index in [0.717, 1.165) is 14.2 Å². The lowest BCUT2D eigenvalue weighted by molar-refractivity contribution is -0.120. The molecule has 0 unspecified atom stereocenters. The summed E-state index contributed by atoms with van der Waals surface area (Å²) in [5.41, 5.74) is 3.49. The molecular formula is C13H11BrN2OS. The summed E-state index contributed by atoms with van der Waals surface area (Å²) in [4.78, 5) is 12.6. The van der Waals surface area contributed by atoms with Gasteiger partial charge in [0.05, 0.1) is 16.4 Å². The fourth-order valence-corrected chi connectivity index (χ4v) is 2.68. The first-order valence-electron chi connectivity index (χ1n) is 5.35. The standard InChI is InChI=1S/C13H11BrN2OS/c14-12-7-6-11(18-12)9-15-16-13(17)8-10-4-2-1-3-5-10/h1-7,9H,8H2,(H,16,17)/b15-9+. The molecule has 1 aromatic heterocycles. The van der Waals surface area contributed by atoms with E-state index in [1.54, 1.807) is 17.6 Å². The summed E-state index contributed by atoms with van der Waals surface area (Å²) in [5.74, 6) is -0.118. The molecule has 0 aliphatic rings. The zero-order valence-electron chi connectivity index (χ0n) is 9.47. The van der Waals surface area contributed by atoms with Crippen molar-refractivity contribution in [3.8, 4) is 0 Å². The third kappa shape index (κ3) is 4.09.